The van der Waals surface area contributed by atoms with E-state index in [4.69, 9.17) is 4.74 Å². The number of hydrogen-bond acceptors (Lipinski definition) is 3. The Morgan fingerprint density at radius 2 is 1.69 bits per heavy atom. The van der Waals surface area contributed by atoms with E-state index in [0.717, 1.165) is 0 Å². The van der Waals surface area contributed by atoms with Crippen LogP contribution >= 0.6 is 0 Å². The lowest BCUT2D eigenvalue weighted by Crippen LogP contribution is -2.47. The fraction of sp³-hybridized carbons (Fsp3) is 0.300. The lowest BCUT2D eigenvalue weighted by molar-refractivity contribution is -0.134. The second kappa shape index (κ2) is 8.47. The molecule has 1 aliphatic rings. The van der Waals surface area contributed by atoms with Crippen LogP contribution in [0.3, 0.4) is 0 Å². The molecule has 0 atom stereocenters. The van der Waals surface area contributed by atoms with Crippen LogP contribution in [0.1, 0.15) is 23.2 Å². The Balaban J connectivity index is 1.42. The minimum Gasteiger partial charge on any atom is -0.484 e. The Morgan fingerprint density at radius 3 is 2.35 bits per heavy atom. The molecule has 0 aromatic heterocycles. The van der Waals surface area contributed by atoms with Gasteiger partial charge in [-0.05, 0) is 49.2 Å². The second-order valence-electron chi connectivity index (χ2n) is 6.24. The number of piperidine rings is 1. The molecule has 1 saturated heterocycles. The van der Waals surface area contributed by atoms with Crippen molar-refractivity contribution in [2.24, 2.45) is 0 Å². The van der Waals surface area contributed by atoms with E-state index in [2.05, 4.69) is 5.32 Å². The van der Waals surface area contributed by atoms with E-state index in [-0.39, 0.29) is 30.3 Å². The third-order valence-corrected chi connectivity index (χ3v) is 4.39. The van der Waals surface area contributed by atoms with E-state index in [1.807, 2.05) is 30.3 Å². The maximum atomic E-state index is 12.9. The van der Waals surface area contributed by atoms with Gasteiger partial charge in [-0.15, -0.1) is 0 Å². The Kier molecular flexibility index (Phi) is 5.84. The van der Waals surface area contributed by atoms with Gasteiger partial charge in [-0.2, -0.15) is 0 Å². The van der Waals surface area contributed by atoms with E-state index in [0.29, 0.717) is 37.2 Å². The molecule has 3 rings (SSSR count). The molecule has 1 fully saturated rings. The van der Waals surface area contributed by atoms with Gasteiger partial charge in [0.1, 0.15) is 11.6 Å². The molecule has 2 aromatic rings. The maximum absolute atomic E-state index is 12.9. The minimum absolute atomic E-state index is 0.00615. The van der Waals surface area contributed by atoms with Crippen LogP contribution in [0.2, 0.25) is 0 Å². The summed E-state index contributed by atoms with van der Waals surface area (Å²) >= 11 is 0. The smallest absolute Gasteiger partial charge is 0.260 e. The van der Waals surface area contributed by atoms with Crippen molar-refractivity contribution in [3.63, 3.8) is 0 Å². The van der Waals surface area contributed by atoms with Crippen LogP contribution in [0.25, 0.3) is 0 Å². The van der Waals surface area contributed by atoms with Crippen molar-refractivity contribution < 1.29 is 18.7 Å². The maximum Gasteiger partial charge on any atom is 0.260 e. The Labute approximate surface area is 151 Å². The lowest BCUT2D eigenvalue weighted by atomic mass is 10.0. The predicted molar refractivity (Wildman–Crippen MR) is 95.4 cm³/mol. The monoisotopic (exact) mass is 356 g/mol. The standard InChI is InChI=1S/C20H21FN2O3/c21-16-8-6-15(7-9-16)20(25)22-17-10-12-23(13-11-17)19(24)14-26-18-4-2-1-3-5-18/h1-9,17H,10-14H2,(H,22,25). The number of benzene rings is 2. The van der Waals surface area contributed by atoms with Crippen LogP contribution in [0.15, 0.2) is 54.6 Å². The van der Waals surface area contributed by atoms with Crippen molar-refractivity contribution in [1.29, 1.82) is 0 Å². The molecule has 1 N–H and O–H groups in total. The van der Waals surface area contributed by atoms with Crippen molar-refractivity contribution in [3.05, 3.63) is 66.0 Å². The summed E-state index contributed by atoms with van der Waals surface area (Å²) in [5.74, 6) is 0.0211. The van der Waals surface area contributed by atoms with Crippen molar-refractivity contribution in [2.45, 2.75) is 18.9 Å². The minimum atomic E-state index is -0.369. The molecule has 2 amide bonds. The summed E-state index contributed by atoms with van der Waals surface area (Å²) in [5.41, 5.74) is 0.432. The van der Waals surface area contributed by atoms with Gasteiger partial charge in [-0.1, -0.05) is 18.2 Å². The molecule has 6 heteroatoms. The van der Waals surface area contributed by atoms with Crippen LogP contribution in [0.5, 0.6) is 5.75 Å². The highest BCUT2D eigenvalue weighted by atomic mass is 19.1. The van der Waals surface area contributed by atoms with Gasteiger partial charge in [-0.3, -0.25) is 9.59 Å². The van der Waals surface area contributed by atoms with Crippen molar-refractivity contribution in [3.8, 4) is 5.75 Å². The molecule has 136 valence electrons. The molecule has 5 nitrogen and oxygen atoms in total. The first kappa shape index (κ1) is 17.9. The molecule has 2 aromatic carbocycles. The van der Waals surface area contributed by atoms with Crippen molar-refractivity contribution in [1.82, 2.24) is 10.2 Å². The van der Waals surface area contributed by atoms with Crippen molar-refractivity contribution >= 4 is 11.8 Å². The number of nitrogens with zero attached hydrogens (tertiary/aromatic N) is 1. The Bertz CT molecular complexity index is 741. The number of carbonyl (C=O) groups excluding carboxylic acids is 2. The molecular formula is C20H21FN2O3. The average molecular weight is 356 g/mol. The highest BCUT2D eigenvalue weighted by molar-refractivity contribution is 5.94. The first-order valence-corrected chi connectivity index (χ1v) is 8.64. The van der Waals surface area contributed by atoms with Gasteiger partial charge in [-0.25, -0.2) is 4.39 Å². The summed E-state index contributed by atoms with van der Waals surface area (Å²) in [6.07, 6.45) is 1.37. The predicted octanol–water partition coefficient (Wildman–Crippen LogP) is 2.63. The van der Waals surface area contributed by atoms with Gasteiger partial charge in [0.05, 0.1) is 0 Å². The van der Waals surface area contributed by atoms with Gasteiger partial charge < -0.3 is 15.0 Å². The largest absolute Gasteiger partial charge is 0.484 e. The average Bonchev–Trinajstić information content (AvgIpc) is 2.68. The Hall–Kier alpha value is -2.89. The first-order chi connectivity index (χ1) is 12.6. The Morgan fingerprint density at radius 1 is 1.04 bits per heavy atom. The summed E-state index contributed by atoms with van der Waals surface area (Å²) in [7, 11) is 0. The highest BCUT2D eigenvalue weighted by Crippen LogP contribution is 2.13. The highest BCUT2D eigenvalue weighted by Gasteiger charge is 2.24. The van der Waals surface area contributed by atoms with Crippen LogP contribution in [0, 0.1) is 5.82 Å². The van der Waals surface area contributed by atoms with Gasteiger partial charge in [0, 0.05) is 24.7 Å². The fourth-order valence-corrected chi connectivity index (χ4v) is 2.90. The SMILES string of the molecule is O=C(NC1CCN(C(=O)COc2ccccc2)CC1)c1ccc(F)cc1. The van der Waals surface area contributed by atoms with Crippen LogP contribution in [-0.2, 0) is 4.79 Å². The third kappa shape index (κ3) is 4.81. The molecular weight excluding hydrogens is 335 g/mol. The van der Waals surface area contributed by atoms with E-state index in [1.165, 1.54) is 24.3 Å². The van der Waals surface area contributed by atoms with Crippen LogP contribution in [0.4, 0.5) is 4.39 Å². The number of carbonyl (C=O) groups is 2. The first-order valence-electron chi connectivity index (χ1n) is 8.64. The van der Waals surface area contributed by atoms with Gasteiger partial charge in [0.2, 0.25) is 0 Å². The molecule has 0 radical (unpaired) electrons. The number of rotatable bonds is 5. The molecule has 1 heterocycles. The number of para-hydroxylation sites is 1. The molecule has 26 heavy (non-hydrogen) atoms. The normalized spacial score (nSPS) is 14.7. The molecule has 0 aliphatic carbocycles. The van der Waals surface area contributed by atoms with Gasteiger partial charge in [0.15, 0.2) is 6.61 Å². The number of likely N-dealkylation sites (tertiary alicyclic amines) is 1. The zero-order valence-electron chi connectivity index (χ0n) is 14.4. The van der Waals surface area contributed by atoms with E-state index in [9.17, 15) is 14.0 Å². The van der Waals surface area contributed by atoms with Crippen LogP contribution in [-0.4, -0.2) is 42.5 Å². The third-order valence-electron chi connectivity index (χ3n) is 4.39. The summed E-state index contributed by atoms with van der Waals surface area (Å²) in [6, 6.07) is 14.7. The van der Waals surface area contributed by atoms with Gasteiger partial charge >= 0.3 is 0 Å². The van der Waals surface area contributed by atoms with E-state index in [1.54, 1.807) is 4.90 Å². The summed E-state index contributed by atoms with van der Waals surface area (Å²) in [4.78, 5) is 26.2. The quantitative estimate of drug-likeness (QED) is 0.896. The van der Waals surface area contributed by atoms with Gasteiger partial charge in [0.25, 0.3) is 11.8 Å². The molecule has 1 aliphatic heterocycles. The zero-order chi connectivity index (χ0) is 18.4. The summed E-state index contributed by atoms with van der Waals surface area (Å²) < 4.78 is 18.4. The molecule has 0 unspecified atom stereocenters. The fourth-order valence-electron chi connectivity index (χ4n) is 2.90. The lowest BCUT2D eigenvalue weighted by Gasteiger charge is -2.32. The number of nitrogens with one attached hydrogen (secondary N) is 1. The van der Waals surface area contributed by atoms with Crippen LogP contribution < -0.4 is 10.1 Å². The molecule has 0 bridgehead atoms. The van der Waals surface area contributed by atoms with E-state index < -0.39 is 0 Å². The second-order valence-corrected chi connectivity index (χ2v) is 6.24. The van der Waals surface area contributed by atoms with E-state index >= 15 is 0 Å². The molecule has 0 spiro atoms. The number of halogens is 1. The summed E-state index contributed by atoms with van der Waals surface area (Å²) in [5, 5.41) is 2.94. The number of hydrogen-bond donors (Lipinski definition) is 1. The summed E-state index contributed by atoms with van der Waals surface area (Å²) in [6.45, 7) is 1.16. The van der Waals surface area contributed by atoms with Crippen molar-refractivity contribution in [2.75, 3.05) is 19.7 Å². The molecule has 0 saturated carbocycles. The topological polar surface area (TPSA) is 58.6 Å². The zero-order valence-corrected chi connectivity index (χ0v) is 14.4. The number of ether oxygens (including phenoxy) is 1. The number of amides is 2.